The predicted molar refractivity (Wildman–Crippen MR) is 73.3 cm³/mol. The van der Waals surface area contributed by atoms with Gasteiger partial charge in [0.15, 0.2) is 0 Å². The van der Waals surface area contributed by atoms with Crippen molar-refractivity contribution in [3.63, 3.8) is 0 Å². The highest BCUT2D eigenvalue weighted by Gasteiger charge is 2.59. The van der Waals surface area contributed by atoms with Crippen molar-refractivity contribution in [3.8, 4) is 0 Å². The first kappa shape index (κ1) is 15.4. The van der Waals surface area contributed by atoms with Gasteiger partial charge in [0.05, 0.1) is 11.6 Å². The average Bonchev–Trinajstić information content (AvgIpc) is 2.33. The van der Waals surface area contributed by atoms with Crippen LogP contribution in [0.25, 0.3) is 0 Å². The van der Waals surface area contributed by atoms with Gasteiger partial charge in [0.2, 0.25) is 5.91 Å². The summed E-state index contributed by atoms with van der Waals surface area (Å²) in [5.74, 6) is 0.0491. The van der Waals surface area contributed by atoms with E-state index >= 15 is 0 Å². The van der Waals surface area contributed by atoms with E-state index < -0.39 is 0 Å². The monoisotopic (exact) mass is 256 g/mol. The van der Waals surface area contributed by atoms with Gasteiger partial charge >= 0.3 is 0 Å². The van der Waals surface area contributed by atoms with Gasteiger partial charge in [0.25, 0.3) is 0 Å². The smallest absolute Gasteiger partial charge is 0.239 e. The summed E-state index contributed by atoms with van der Waals surface area (Å²) in [6.45, 7) is 8.45. The molecule has 106 valence electrons. The summed E-state index contributed by atoms with van der Waals surface area (Å²) in [7, 11) is 3.60. The Balaban J connectivity index is 2.71. The predicted octanol–water partition coefficient (Wildman–Crippen LogP) is 1.78. The lowest BCUT2D eigenvalue weighted by molar-refractivity contribution is -0.207. The van der Waals surface area contributed by atoms with Crippen molar-refractivity contribution in [1.82, 2.24) is 4.90 Å². The van der Waals surface area contributed by atoms with Crippen LogP contribution in [0, 0.1) is 5.41 Å². The molecule has 1 aliphatic rings. The maximum absolute atomic E-state index is 12.2. The Morgan fingerprint density at radius 1 is 1.50 bits per heavy atom. The lowest BCUT2D eigenvalue weighted by atomic mass is 9.55. The normalized spacial score (nSPS) is 31.6. The number of nitrogens with zero attached hydrogens (tertiary/aromatic N) is 1. The molecule has 0 spiro atoms. The van der Waals surface area contributed by atoms with Crippen LogP contribution in [0.3, 0.4) is 0 Å². The minimum atomic E-state index is -0.370. The summed E-state index contributed by atoms with van der Waals surface area (Å²) in [4.78, 5) is 14.0. The molecule has 4 nitrogen and oxygen atoms in total. The molecule has 0 aliphatic heterocycles. The zero-order chi connectivity index (χ0) is 14.1. The Bertz CT molecular complexity index is 317. The van der Waals surface area contributed by atoms with E-state index in [1.807, 2.05) is 18.9 Å². The molecule has 1 saturated carbocycles. The average molecular weight is 256 g/mol. The van der Waals surface area contributed by atoms with Gasteiger partial charge in [-0.2, -0.15) is 0 Å². The van der Waals surface area contributed by atoms with Crippen LogP contribution in [0.2, 0.25) is 0 Å². The molecule has 0 aromatic carbocycles. The Labute approximate surface area is 111 Å². The second kappa shape index (κ2) is 5.17. The standard InChI is InChI=1S/C14H28N2O2/c1-7-8-10(15)12(17)16(5)11-9-14(4,18-6)13(11,2)3/h10-11H,7-9,15H2,1-6H3. The SMILES string of the molecule is CCCC(N)C(=O)N(C)C1CC(C)(OC)C1(C)C. The van der Waals surface area contributed by atoms with Gasteiger partial charge < -0.3 is 15.4 Å². The fourth-order valence-electron chi connectivity index (χ4n) is 2.93. The maximum Gasteiger partial charge on any atom is 0.239 e. The number of ether oxygens (including phenoxy) is 1. The van der Waals surface area contributed by atoms with Crippen molar-refractivity contribution in [2.45, 2.75) is 64.6 Å². The number of hydrogen-bond donors (Lipinski definition) is 1. The first-order valence-corrected chi connectivity index (χ1v) is 6.78. The Morgan fingerprint density at radius 2 is 2.06 bits per heavy atom. The molecule has 0 radical (unpaired) electrons. The Morgan fingerprint density at radius 3 is 2.44 bits per heavy atom. The van der Waals surface area contributed by atoms with E-state index in [4.69, 9.17) is 10.5 Å². The zero-order valence-electron chi connectivity index (χ0n) is 12.6. The quantitative estimate of drug-likeness (QED) is 0.815. The molecule has 0 bridgehead atoms. The highest BCUT2D eigenvalue weighted by atomic mass is 16.5. The number of methoxy groups -OCH3 is 1. The second-order valence-corrected chi connectivity index (χ2v) is 6.22. The highest BCUT2D eigenvalue weighted by molar-refractivity contribution is 5.82. The number of amides is 1. The molecule has 0 saturated heterocycles. The molecule has 1 aliphatic carbocycles. The molecule has 1 fully saturated rings. The molecule has 18 heavy (non-hydrogen) atoms. The third-order valence-electron chi connectivity index (χ3n) is 4.96. The summed E-state index contributed by atoms with van der Waals surface area (Å²) >= 11 is 0. The molecule has 1 amide bonds. The van der Waals surface area contributed by atoms with Gasteiger partial charge in [0, 0.05) is 25.6 Å². The van der Waals surface area contributed by atoms with Crippen LogP contribution in [0.4, 0.5) is 0 Å². The summed E-state index contributed by atoms with van der Waals surface area (Å²) in [6.07, 6.45) is 2.56. The van der Waals surface area contributed by atoms with Crippen LogP contribution >= 0.6 is 0 Å². The third kappa shape index (κ3) is 2.28. The van der Waals surface area contributed by atoms with Crippen molar-refractivity contribution < 1.29 is 9.53 Å². The maximum atomic E-state index is 12.2. The molecular formula is C14H28N2O2. The third-order valence-corrected chi connectivity index (χ3v) is 4.96. The number of hydrogen-bond acceptors (Lipinski definition) is 3. The Kier molecular flexibility index (Phi) is 4.44. The largest absolute Gasteiger partial charge is 0.378 e. The van der Waals surface area contributed by atoms with Crippen molar-refractivity contribution in [2.75, 3.05) is 14.2 Å². The van der Waals surface area contributed by atoms with Gasteiger partial charge in [-0.05, 0) is 19.8 Å². The fourth-order valence-corrected chi connectivity index (χ4v) is 2.93. The molecule has 2 N–H and O–H groups in total. The first-order valence-electron chi connectivity index (χ1n) is 6.78. The molecule has 4 heteroatoms. The van der Waals surface area contributed by atoms with Crippen LogP contribution in [-0.2, 0) is 9.53 Å². The molecule has 0 heterocycles. The first-order chi connectivity index (χ1) is 8.21. The van der Waals surface area contributed by atoms with Crippen molar-refractivity contribution in [2.24, 2.45) is 11.1 Å². The van der Waals surface area contributed by atoms with Crippen molar-refractivity contribution in [3.05, 3.63) is 0 Å². The summed E-state index contributed by atoms with van der Waals surface area (Å²) in [5.41, 5.74) is 5.72. The van der Waals surface area contributed by atoms with Crippen LogP contribution < -0.4 is 5.73 Å². The topological polar surface area (TPSA) is 55.6 Å². The van der Waals surface area contributed by atoms with Gasteiger partial charge in [0.1, 0.15) is 0 Å². The molecule has 0 aromatic rings. The molecular weight excluding hydrogens is 228 g/mol. The van der Waals surface area contributed by atoms with E-state index in [0.717, 1.165) is 19.3 Å². The summed E-state index contributed by atoms with van der Waals surface area (Å²) < 4.78 is 5.59. The lowest BCUT2D eigenvalue weighted by Crippen LogP contribution is -2.69. The second-order valence-electron chi connectivity index (χ2n) is 6.22. The fraction of sp³-hybridized carbons (Fsp3) is 0.929. The van der Waals surface area contributed by atoms with E-state index in [-0.39, 0.29) is 29.0 Å². The number of rotatable bonds is 5. The molecule has 3 atom stereocenters. The van der Waals surface area contributed by atoms with E-state index in [1.54, 1.807) is 7.11 Å². The van der Waals surface area contributed by atoms with E-state index in [9.17, 15) is 4.79 Å². The Hall–Kier alpha value is -0.610. The molecule has 3 unspecified atom stereocenters. The van der Waals surface area contributed by atoms with Crippen LogP contribution in [0.15, 0.2) is 0 Å². The van der Waals surface area contributed by atoms with Crippen LogP contribution in [-0.4, -0.2) is 42.6 Å². The zero-order valence-corrected chi connectivity index (χ0v) is 12.6. The van der Waals surface area contributed by atoms with E-state index in [0.29, 0.717) is 0 Å². The van der Waals surface area contributed by atoms with Crippen molar-refractivity contribution in [1.29, 1.82) is 0 Å². The minimum Gasteiger partial charge on any atom is -0.378 e. The minimum absolute atomic E-state index is 0.0436. The van der Waals surface area contributed by atoms with Gasteiger partial charge in [-0.3, -0.25) is 4.79 Å². The van der Waals surface area contributed by atoms with Gasteiger partial charge in [-0.1, -0.05) is 27.2 Å². The number of carbonyl (C=O) groups excluding carboxylic acids is 1. The molecule has 1 rings (SSSR count). The summed E-state index contributed by atoms with van der Waals surface area (Å²) in [5, 5.41) is 0. The van der Waals surface area contributed by atoms with Crippen LogP contribution in [0.5, 0.6) is 0 Å². The lowest BCUT2D eigenvalue weighted by Gasteiger charge is -2.61. The van der Waals surface area contributed by atoms with Crippen molar-refractivity contribution >= 4 is 5.91 Å². The number of carbonyl (C=O) groups is 1. The highest BCUT2D eigenvalue weighted by Crippen LogP contribution is 2.53. The van der Waals surface area contributed by atoms with Gasteiger partial charge in [-0.15, -0.1) is 0 Å². The summed E-state index contributed by atoms with van der Waals surface area (Å²) in [6, 6.07) is -0.164. The number of likely N-dealkylation sites (N-methyl/N-ethyl adjacent to an activating group) is 1. The van der Waals surface area contributed by atoms with Gasteiger partial charge in [-0.25, -0.2) is 0 Å². The number of nitrogens with two attached hydrogens (primary N) is 1. The van der Waals surface area contributed by atoms with E-state index in [2.05, 4.69) is 20.8 Å². The van der Waals surface area contributed by atoms with E-state index in [1.165, 1.54) is 0 Å². The molecule has 0 aromatic heterocycles. The van der Waals surface area contributed by atoms with Crippen LogP contribution in [0.1, 0.15) is 47.0 Å².